The van der Waals surface area contributed by atoms with E-state index in [1.54, 1.807) is 6.20 Å². The lowest BCUT2D eigenvalue weighted by molar-refractivity contribution is 0.216. The molecule has 1 N–H and O–H groups in total. The molecule has 0 fully saturated rings. The van der Waals surface area contributed by atoms with E-state index in [-0.39, 0.29) is 0 Å². The zero-order valence-corrected chi connectivity index (χ0v) is 8.64. The number of rotatable bonds is 2. The van der Waals surface area contributed by atoms with Crippen LogP contribution in [-0.2, 0) is 0 Å². The smallest absolute Gasteiger partial charge is 0.0995 e. The van der Waals surface area contributed by atoms with Gasteiger partial charge >= 0.3 is 0 Å². The highest BCUT2D eigenvalue weighted by atomic mass is 16.3. The summed E-state index contributed by atoms with van der Waals surface area (Å²) in [7, 11) is 0. The maximum absolute atomic E-state index is 9.84. The van der Waals surface area contributed by atoms with Crippen molar-refractivity contribution in [2.45, 2.75) is 13.0 Å². The molecule has 0 aliphatic carbocycles. The average molecular weight is 199 g/mol. The Kier molecular flexibility index (Phi) is 2.52. The first-order valence-electron chi connectivity index (χ1n) is 4.86. The lowest BCUT2D eigenvalue weighted by Gasteiger charge is -2.10. The molecule has 15 heavy (non-hydrogen) atoms. The summed E-state index contributed by atoms with van der Waals surface area (Å²) in [5, 5.41) is 10.9. The van der Waals surface area contributed by atoms with Gasteiger partial charge in [-0.1, -0.05) is 18.7 Å². The van der Waals surface area contributed by atoms with E-state index in [1.165, 1.54) is 0 Å². The van der Waals surface area contributed by atoms with Crippen molar-refractivity contribution in [3.8, 4) is 0 Å². The van der Waals surface area contributed by atoms with Crippen LogP contribution >= 0.6 is 0 Å². The van der Waals surface area contributed by atoms with Crippen LogP contribution in [0, 0.1) is 0 Å². The highest BCUT2D eigenvalue weighted by Crippen LogP contribution is 2.23. The number of hydrogen-bond acceptors (Lipinski definition) is 2. The average Bonchev–Trinajstić information content (AvgIpc) is 2.27. The highest BCUT2D eigenvalue weighted by molar-refractivity contribution is 5.79. The van der Waals surface area contributed by atoms with Crippen molar-refractivity contribution >= 4 is 10.9 Å². The molecule has 0 aliphatic heterocycles. The highest BCUT2D eigenvalue weighted by Gasteiger charge is 2.08. The Morgan fingerprint density at radius 1 is 1.40 bits per heavy atom. The third-order valence-electron chi connectivity index (χ3n) is 2.41. The minimum atomic E-state index is -0.588. The standard InChI is InChI=1S/C13H13NO/c1-9(2)13(15)11-5-6-12-10(8-11)4-3-7-14-12/h3-8,13,15H,1H2,2H3. The van der Waals surface area contributed by atoms with E-state index in [0.29, 0.717) is 0 Å². The number of hydrogen-bond donors (Lipinski definition) is 1. The first-order chi connectivity index (χ1) is 7.18. The molecular weight excluding hydrogens is 186 g/mol. The fourth-order valence-corrected chi connectivity index (χ4v) is 1.55. The van der Waals surface area contributed by atoms with Crippen molar-refractivity contribution in [3.63, 3.8) is 0 Å². The van der Waals surface area contributed by atoms with Crippen molar-refractivity contribution in [1.82, 2.24) is 4.98 Å². The third-order valence-corrected chi connectivity index (χ3v) is 2.41. The fourth-order valence-electron chi connectivity index (χ4n) is 1.55. The summed E-state index contributed by atoms with van der Waals surface area (Å²) in [6.45, 7) is 5.56. The molecule has 76 valence electrons. The monoisotopic (exact) mass is 199 g/mol. The van der Waals surface area contributed by atoms with E-state index in [4.69, 9.17) is 0 Å². The second kappa shape index (κ2) is 3.83. The number of benzene rings is 1. The van der Waals surface area contributed by atoms with E-state index in [2.05, 4.69) is 11.6 Å². The molecule has 0 aliphatic rings. The van der Waals surface area contributed by atoms with Crippen LogP contribution in [0.2, 0.25) is 0 Å². The molecule has 1 aromatic heterocycles. The van der Waals surface area contributed by atoms with Crippen molar-refractivity contribution in [3.05, 3.63) is 54.2 Å². The molecular formula is C13H13NO. The Labute approximate surface area is 88.9 Å². The second-order valence-corrected chi connectivity index (χ2v) is 3.70. The summed E-state index contributed by atoms with van der Waals surface area (Å²) in [5.74, 6) is 0. The van der Waals surface area contributed by atoms with Gasteiger partial charge < -0.3 is 5.11 Å². The number of aliphatic hydroxyl groups excluding tert-OH is 1. The van der Waals surface area contributed by atoms with Gasteiger partial charge in [0, 0.05) is 11.6 Å². The molecule has 2 nitrogen and oxygen atoms in total. The van der Waals surface area contributed by atoms with Gasteiger partial charge in [-0.2, -0.15) is 0 Å². The minimum absolute atomic E-state index is 0.588. The Bertz CT molecular complexity index is 505. The summed E-state index contributed by atoms with van der Waals surface area (Å²) in [4.78, 5) is 4.22. The lowest BCUT2D eigenvalue weighted by Crippen LogP contribution is -1.97. The first kappa shape index (κ1) is 9.87. The van der Waals surface area contributed by atoms with Crippen molar-refractivity contribution in [1.29, 1.82) is 0 Å². The number of aromatic nitrogens is 1. The number of pyridine rings is 1. The van der Waals surface area contributed by atoms with Crippen molar-refractivity contribution < 1.29 is 5.11 Å². The van der Waals surface area contributed by atoms with Crippen LogP contribution < -0.4 is 0 Å². The van der Waals surface area contributed by atoms with Crippen LogP contribution in [0.25, 0.3) is 10.9 Å². The van der Waals surface area contributed by atoms with E-state index < -0.39 is 6.10 Å². The second-order valence-electron chi connectivity index (χ2n) is 3.70. The van der Waals surface area contributed by atoms with Crippen LogP contribution in [0.1, 0.15) is 18.6 Å². The van der Waals surface area contributed by atoms with Crippen molar-refractivity contribution in [2.24, 2.45) is 0 Å². The Hall–Kier alpha value is -1.67. The molecule has 2 rings (SSSR count). The summed E-state index contributed by atoms with van der Waals surface area (Å²) in [6.07, 6.45) is 1.17. The maximum Gasteiger partial charge on any atom is 0.0995 e. The predicted molar refractivity (Wildman–Crippen MR) is 61.5 cm³/mol. The maximum atomic E-state index is 9.84. The Morgan fingerprint density at radius 3 is 2.93 bits per heavy atom. The Balaban J connectivity index is 2.51. The van der Waals surface area contributed by atoms with Crippen LogP contribution in [0.4, 0.5) is 0 Å². The van der Waals surface area contributed by atoms with Crippen LogP contribution in [0.3, 0.4) is 0 Å². The molecule has 0 amide bonds. The van der Waals surface area contributed by atoms with Crippen molar-refractivity contribution in [2.75, 3.05) is 0 Å². The van der Waals surface area contributed by atoms with Gasteiger partial charge in [0.1, 0.15) is 0 Å². The van der Waals surface area contributed by atoms with Crippen LogP contribution in [0.15, 0.2) is 48.7 Å². The molecule has 0 saturated heterocycles. The topological polar surface area (TPSA) is 33.1 Å². The van der Waals surface area contributed by atoms with Gasteiger partial charge in [0.15, 0.2) is 0 Å². The molecule has 0 radical (unpaired) electrons. The molecule has 1 atom stereocenters. The molecule has 0 spiro atoms. The largest absolute Gasteiger partial charge is 0.384 e. The van der Waals surface area contributed by atoms with Gasteiger partial charge in [-0.3, -0.25) is 4.98 Å². The first-order valence-corrected chi connectivity index (χ1v) is 4.86. The molecule has 1 aromatic carbocycles. The van der Waals surface area contributed by atoms with Crippen LogP contribution in [-0.4, -0.2) is 10.1 Å². The summed E-state index contributed by atoms with van der Waals surface area (Å²) < 4.78 is 0. The Morgan fingerprint density at radius 2 is 2.20 bits per heavy atom. The van der Waals surface area contributed by atoms with Crippen LogP contribution in [0.5, 0.6) is 0 Å². The van der Waals surface area contributed by atoms with Gasteiger partial charge in [-0.15, -0.1) is 0 Å². The van der Waals surface area contributed by atoms with E-state index >= 15 is 0 Å². The number of aliphatic hydroxyl groups is 1. The molecule has 2 heteroatoms. The zero-order chi connectivity index (χ0) is 10.8. The molecule has 1 unspecified atom stereocenters. The molecule has 0 saturated carbocycles. The van der Waals surface area contributed by atoms with Gasteiger partial charge in [0.2, 0.25) is 0 Å². The van der Waals surface area contributed by atoms with E-state index in [0.717, 1.165) is 22.0 Å². The quantitative estimate of drug-likeness (QED) is 0.754. The number of fused-ring (bicyclic) bond motifs is 1. The minimum Gasteiger partial charge on any atom is -0.384 e. The summed E-state index contributed by atoms with van der Waals surface area (Å²) >= 11 is 0. The zero-order valence-electron chi connectivity index (χ0n) is 8.64. The summed E-state index contributed by atoms with van der Waals surface area (Å²) in [5.41, 5.74) is 2.55. The lowest BCUT2D eigenvalue weighted by atomic mass is 10.0. The molecule has 0 bridgehead atoms. The molecule has 2 aromatic rings. The van der Waals surface area contributed by atoms with E-state index in [1.807, 2.05) is 37.3 Å². The fraction of sp³-hybridized carbons (Fsp3) is 0.154. The molecule has 1 heterocycles. The SMILES string of the molecule is C=C(C)C(O)c1ccc2ncccc2c1. The number of nitrogens with zero attached hydrogens (tertiary/aromatic N) is 1. The van der Waals surface area contributed by atoms with Gasteiger partial charge in [0.25, 0.3) is 0 Å². The predicted octanol–water partition coefficient (Wildman–Crippen LogP) is 2.84. The van der Waals surface area contributed by atoms with Gasteiger partial charge in [-0.05, 0) is 36.3 Å². The van der Waals surface area contributed by atoms with Gasteiger partial charge in [0.05, 0.1) is 11.6 Å². The normalized spacial score (nSPS) is 12.7. The summed E-state index contributed by atoms with van der Waals surface area (Å²) in [6, 6.07) is 9.61. The third kappa shape index (κ3) is 1.90. The van der Waals surface area contributed by atoms with Gasteiger partial charge in [-0.25, -0.2) is 0 Å². The van der Waals surface area contributed by atoms with E-state index in [9.17, 15) is 5.11 Å².